The highest BCUT2D eigenvalue weighted by Crippen LogP contribution is 2.49. The van der Waals surface area contributed by atoms with Crippen molar-refractivity contribution < 1.29 is 33.6 Å². The van der Waals surface area contributed by atoms with Crippen LogP contribution in [0.25, 0.3) is 0 Å². The van der Waals surface area contributed by atoms with Gasteiger partial charge < -0.3 is 28.8 Å². The first kappa shape index (κ1) is 18.8. The number of rotatable bonds is 4. The summed E-state index contributed by atoms with van der Waals surface area (Å²) in [5.41, 5.74) is 2.67. The van der Waals surface area contributed by atoms with Gasteiger partial charge in [0, 0.05) is 23.6 Å². The summed E-state index contributed by atoms with van der Waals surface area (Å²) < 4.78 is 28.9. The Bertz CT molecular complexity index is 1060. The van der Waals surface area contributed by atoms with E-state index in [1.54, 1.807) is 38.5 Å². The molecule has 5 rings (SSSR count). The standard InChI is InChI=1S/C23H22O7/c1-11(9-24)16-7-14-15(29-16)5-4-12-22(25)21-13-6-18(26-2)19(27-3)8-17(13)28-10-20(21)30-23(12)14/h4-6,8,16,20-21,24H,1,7,9-10H2,2-3H3/t16-,20+,21-/m1/s1. The van der Waals surface area contributed by atoms with Crippen LogP contribution in [-0.2, 0) is 6.42 Å². The normalized spacial score (nSPS) is 23.0. The quantitative estimate of drug-likeness (QED) is 0.776. The van der Waals surface area contributed by atoms with Crippen LogP contribution in [0, 0.1) is 0 Å². The zero-order chi connectivity index (χ0) is 21.0. The highest BCUT2D eigenvalue weighted by molar-refractivity contribution is 6.06. The van der Waals surface area contributed by atoms with Gasteiger partial charge in [0.05, 0.1) is 32.3 Å². The van der Waals surface area contributed by atoms with E-state index in [0.717, 1.165) is 11.1 Å². The molecule has 7 nitrogen and oxygen atoms in total. The number of aliphatic hydroxyl groups excluding tert-OH is 1. The van der Waals surface area contributed by atoms with Gasteiger partial charge in [-0.3, -0.25) is 4.79 Å². The van der Waals surface area contributed by atoms with Crippen LogP contribution in [0.2, 0.25) is 0 Å². The van der Waals surface area contributed by atoms with E-state index < -0.39 is 12.0 Å². The molecule has 7 heteroatoms. The molecule has 156 valence electrons. The van der Waals surface area contributed by atoms with Crippen LogP contribution in [0.15, 0.2) is 36.4 Å². The molecule has 0 unspecified atom stereocenters. The number of Topliss-reactive ketones (excluding diaryl/α,β-unsaturated/α-hetero) is 1. The van der Waals surface area contributed by atoms with Gasteiger partial charge in [-0.1, -0.05) is 6.58 Å². The smallest absolute Gasteiger partial charge is 0.178 e. The van der Waals surface area contributed by atoms with Crippen LogP contribution in [0.4, 0.5) is 0 Å². The van der Waals surface area contributed by atoms with Gasteiger partial charge in [0.2, 0.25) is 0 Å². The van der Waals surface area contributed by atoms with Crippen molar-refractivity contribution in [3.05, 3.63) is 53.1 Å². The molecule has 0 spiro atoms. The van der Waals surface area contributed by atoms with E-state index in [1.807, 2.05) is 0 Å². The third-order valence-corrected chi connectivity index (χ3v) is 5.98. The Morgan fingerprint density at radius 1 is 1.17 bits per heavy atom. The second kappa shape index (κ2) is 6.95. The Morgan fingerprint density at radius 2 is 1.93 bits per heavy atom. The number of aliphatic hydroxyl groups is 1. The van der Waals surface area contributed by atoms with Gasteiger partial charge in [-0.25, -0.2) is 0 Å². The number of hydrogen-bond donors (Lipinski definition) is 1. The number of carbonyl (C=O) groups is 1. The molecule has 0 aliphatic carbocycles. The zero-order valence-corrected chi connectivity index (χ0v) is 16.8. The van der Waals surface area contributed by atoms with Crippen LogP contribution in [0.1, 0.15) is 27.4 Å². The Balaban J connectivity index is 1.56. The maximum Gasteiger partial charge on any atom is 0.178 e. The first-order chi connectivity index (χ1) is 14.5. The molecule has 3 atom stereocenters. The largest absolute Gasteiger partial charge is 0.493 e. The molecule has 0 amide bonds. The van der Waals surface area contributed by atoms with Crippen LogP contribution >= 0.6 is 0 Å². The summed E-state index contributed by atoms with van der Waals surface area (Å²) in [5, 5.41) is 9.38. The minimum Gasteiger partial charge on any atom is -0.493 e. The average Bonchev–Trinajstić information content (AvgIpc) is 3.22. The fourth-order valence-corrected chi connectivity index (χ4v) is 4.40. The van der Waals surface area contributed by atoms with Crippen molar-refractivity contribution in [2.45, 2.75) is 24.5 Å². The number of methoxy groups -OCH3 is 2. The molecule has 0 radical (unpaired) electrons. The first-order valence-corrected chi connectivity index (χ1v) is 9.76. The van der Waals surface area contributed by atoms with Gasteiger partial charge in [-0.15, -0.1) is 0 Å². The molecule has 0 saturated carbocycles. The number of ketones is 1. The van der Waals surface area contributed by atoms with Crippen molar-refractivity contribution in [2.24, 2.45) is 0 Å². The lowest BCUT2D eigenvalue weighted by molar-refractivity contribution is 0.0554. The molecule has 2 aromatic rings. The van der Waals surface area contributed by atoms with E-state index in [-0.39, 0.29) is 25.1 Å². The minimum atomic E-state index is -0.496. The second-order valence-electron chi connectivity index (χ2n) is 7.60. The molecule has 3 aliphatic rings. The summed E-state index contributed by atoms with van der Waals surface area (Å²) in [6.07, 6.45) is -0.277. The fraction of sp³-hybridized carbons (Fsp3) is 0.348. The third-order valence-electron chi connectivity index (χ3n) is 5.98. The highest BCUT2D eigenvalue weighted by Gasteiger charge is 2.45. The second-order valence-corrected chi connectivity index (χ2v) is 7.60. The molecule has 30 heavy (non-hydrogen) atoms. The topological polar surface area (TPSA) is 83.5 Å². The van der Waals surface area contributed by atoms with Gasteiger partial charge in [0.1, 0.15) is 36.1 Å². The van der Waals surface area contributed by atoms with Crippen LogP contribution in [0.3, 0.4) is 0 Å². The van der Waals surface area contributed by atoms with E-state index in [0.29, 0.717) is 46.3 Å². The lowest BCUT2D eigenvalue weighted by Gasteiger charge is -2.37. The van der Waals surface area contributed by atoms with E-state index in [2.05, 4.69) is 6.58 Å². The predicted octanol–water partition coefficient (Wildman–Crippen LogP) is 2.68. The molecule has 0 aromatic heterocycles. The van der Waals surface area contributed by atoms with Crippen LogP contribution in [0.5, 0.6) is 28.7 Å². The fourth-order valence-electron chi connectivity index (χ4n) is 4.40. The average molecular weight is 410 g/mol. The molecular formula is C23H22O7. The Kier molecular flexibility index (Phi) is 4.36. The Morgan fingerprint density at radius 3 is 2.67 bits per heavy atom. The molecule has 2 aromatic carbocycles. The lowest BCUT2D eigenvalue weighted by Crippen LogP contribution is -2.43. The first-order valence-electron chi connectivity index (χ1n) is 9.76. The van der Waals surface area contributed by atoms with Gasteiger partial charge in [-0.05, 0) is 23.8 Å². The predicted molar refractivity (Wildman–Crippen MR) is 107 cm³/mol. The number of fused-ring (bicyclic) bond motifs is 6. The van der Waals surface area contributed by atoms with Crippen molar-refractivity contribution in [2.75, 3.05) is 27.4 Å². The summed E-state index contributed by atoms with van der Waals surface area (Å²) >= 11 is 0. The summed E-state index contributed by atoms with van der Waals surface area (Å²) in [5.74, 6) is 2.35. The monoisotopic (exact) mass is 410 g/mol. The molecule has 0 saturated heterocycles. The number of carbonyl (C=O) groups excluding carboxylic acids is 1. The summed E-state index contributed by atoms with van der Waals surface area (Å²) in [6, 6.07) is 7.06. The number of hydrogen-bond acceptors (Lipinski definition) is 7. The third kappa shape index (κ3) is 2.65. The summed E-state index contributed by atoms with van der Waals surface area (Å²) in [6.45, 7) is 3.96. The molecule has 0 fully saturated rings. The maximum atomic E-state index is 13.5. The molecular weight excluding hydrogens is 388 g/mol. The Labute approximate surface area is 173 Å². The molecule has 1 N–H and O–H groups in total. The van der Waals surface area contributed by atoms with Crippen molar-refractivity contribution >= 4 is 5.78 Å². The SMILES string of the molecule is C=C(CO)[C@H]1Cc2c(ccc3c2O[C@H]2COc4cc(OC)c(OC)cc4[C@H]2C3=O)O1. The minimum absolute atomic E-state index is 0.0229. The Hall–Kier alpha value is -3.19. The number of ether oxygens (including phenoxy) is 5. The number of benzene rings is 2. The van der Waals surface area contributed by atoms with Crippen molar-refractivity contribution in [1.29, 1.82) is 0 Å². The molecule has 0 bridgehead atoms. The van der Waals surface area contributed by atoms with Gasteiger partial charge in [0.15, 0.2) is 17.3 Å². The highest BCUT2D eigenvalue weighted by atomic mass is 16.5. The van der Waals surface area contributed by atoms with E-state index in [9.17, 15) is 9.90 Å². The van der Waals surface area contributed by atoms with Crippen LogP contribution < -0.4 is 23.7 Å². The molecule has 3 aliphatic heterocycles. The lowest BCUT2D eigenvalue weighted by atomic mass is 9.81. The van der Waals surface area contributed by atoms with Gasteiger partial charge in [-0.2, -0.15) is 0 Å². The van der Waals surface area contributed by atoms with Gasteiger partial charge in [0.25, 0.3) is 0 Å². The van der Waals surface area contributed by atoms with Gasteiger partial charge >= 0.3 is 0 Å². The van der Waals surface area contributed by atoms with E-state index in [4.69, 9.17) is 23.7 Å². The van der Waals surface area contributed by atoms with Crippen molar-refractivity contribution in [3.63, 3.8) is 0 Å². The van der Waals surface area contributed by atoms with Crippen molar-refractivity contribution in [1.82, 2.24) is 0 Å². The molecule has 3 heterocycles. The zero-order valence-electron chi connectivity index (χ0n) is 16.8. The van der Waals surface area contributed by atoms with Crippen LogP contribution in [-0.4, -0.2) is 50.5 Å². The summed E-state index contributed by atoms with van der Waals surface area (Å²) in [4.78, 5) is 13.5. The maximum absolute atomic E-state index is 13.5. The summed E-state index contributed by atoms with van der Waals surface area (Å²) in [7, 11) is 3.11. The van der Waals surface area contributed by atoms with E-state index >= 15 is 0 Å². The van der Waals surface area contributed by atoms with E-state index in [1.165, 1.54) is 0 Å². The van der Waals surface area contributed by atoms with Crippen molar-refractivity contribution in [3.8, 4) is 28.7 Å².